The van der Waals surface area contributed by atoms with Gasteiger partial charge in [0, 0.05) is 42.5 Å². The Balaban J connectivity index is 1.39. The number of benzene rings is 2. The molecule has 2 fully saturated rings. The van der Waals surface area contributed by atoms with Gasteiger partial charge in [-0.15, -0.1) is 0 Å². The molecule has 9 nitrogen and oxygen atoms in total. The van der Waals surface area contributed by atoms with Crippen molar-refractivity contribution < 1.29 is 18.9 Å². The molecule has 2 aromatic carbocycles. The normalized spacial score (nSPS) is 17.8. The van der Waals surface area contributed by atoms with E-state index in [0.717, 1.165) is 12.8 Å². The van der Waals surface area contributed by atoms with Gasteiger partial charge >= 0.3 is 6.03 Å². The number of hydrogen-bond donors (Lipinski definition) is 3. The molecule has 4 rings (SSSR count). The maximum absolute atomic E-state index is 13.0. The minimum atomic E-state index is -0.495. The van der Waals surface area contributed by atoms with Crippen LogP contribution in [0.2, 0.25) is 0 Å². The molecule has 2 aromatic rings. The van der Waals surface area contributed by atoms with Crippen LogP contribution >= 0.6 is 0 Å². The molecule has 1 aliphatic carbocycles. The van der Waals surface area contributed by atoms with Crippen LogP contribution in [0, 0.1) is 15.9 Å². The van der Waals surface area contributed by atoms with Gasteiger partial charge in [-0.05, 0) is 55.7 Å². The van der Waals surface area contributed by atoms with Crippen LogP contribution in [0.1, 0.15) is 29.6 Å². The molecule has 0 aromatic heterocycles. The Morgan fingerprint density at radius 3 is 2.45 bits per heavy atom. The summed E-state index contributed by atoms with van der Waals surface area (Å²) in [7, 11) is 0. The molecule has 1 saturated carbocycles. The molecular formula is C21H22FN5O4. The Morgan fingerprint density at radius 1 is 1.03 bits per heavy atom. The van der Waals surface area contributed by atoms with Crippen molar-refractivity contribution in [3.8, 4) is 0 Å². The molecule has 3 N–H and O–H groups in total. The first kappa shape index (κ1) is 20.6. The molecule has 1 atom stereocenters. The zero-order chi connectivity index (χ0) is 22.0. The van der Waals surface area contributed by atoms with E-state index in [1.54, 1.807) is 12.1 Å². The van der Waals surface area contributed by atoms with Crippen LogP contribution in [0.15, 0.2) is 42.5 Å². The highest BCUT2D eigenvalue weighted by molar-refractivity contribution is 5.96. The lowest BCUT2D eigenvalue weighted by molar-refractivity contribution is -0.384. The fraction of sp³-hybridized carbons (Fsp3) is 0.333. The summed E-state index contributed by atoms with van der Waals surface area (Å²) in [5, 5.41) is 19.9. The lowest BCUT2D eigenvalue weighted by Crippen LogP contribution is -2.39. The van der Waals surface area contributed by atoms with E-state index >= 15 is 0 Å². The molecule has 31 heavy (non-hydrogen) atoms. The van der Waals surface area contributed by atoms with Gasteiger partial charge in [0.1, 0.15) is 11.5 Å². The summed E-state index contributed by atoms with van der Waals surface area (Å²) < 4.78 is 13.0. The summed E-state index contributed by atoms with van der Waals surface area (Å²) in [5.41, 5.74) is 0.996. The Morgan fingerprint density at radius 2 is 1.77 bits per heavy atom. The van der Waals surface area contributed by atoms with Crippen LogP contribution in [0.3, 0.4) is 0 Å². The van der Waals surface area contributed by atoms with Gasteiger partial charge in [0.05, 0.1) is 4.92 Å². The van der Waals surface area contributed by atoms with Crippen LogP contribution in [-0.2, 0) is 0 Å². The van der Waals surface area contributed by atoms with Crippen LogP contribution in [0.4, 0.5) is 26.2 Å². The second kappa shape index (κ2) is 8.58. The maximum atomic E-state index is 13.0. The van der Waals surface area contributed by atoms with Crippen molar-refractivity contribution in [3.63, 3.8) is 0 Å². The highest BCUT2D eigenvalue weighted by atomic mass is 19.1. The van der Waals surface area contributed by atoms with Crippen molar-refractivity contribution in [2.45, 2.75) is 31.3 Å². The van der Waals surface area contributed by atoms with Crippen LogP contribution in [0.25, 0.3) is 0 Å². The number of rotatable bonds is 6. The molecule has 1 saturated heterocycles. The lowest BCUT2D eigenvalue weighted by atomic mass is 10.1. The number of halogens is 1. The van der Waals surface area contributed by atoms with Crippen LogP contribution < -0.4 is 20.9 Å². The number of urea groups is 1. The summed E-state index contributed by atoms with van der Waals surface area (Å²) in [4.78, 5) is 37.4. The third-order valence-corrected chi connectivity index (χ3v) is 5.31. The number of anilines is 2. The van der Waals surface area contributed by atoms with E-state index in [0.29, 0.717) is 30.9 Å². The van der Waals surface area contributed by atoms with Crippen molar-refractivity contribution >= 4 is 29.0 Å². The molecule has 1 heterocycles. The maximum Gasteiger partial charge on any atom is 0.319 e. The zero-order valence-electron chi connectivity index (χ0n) is 16.6. The van der Waals surface area contributed by atoms with Gasteiger partial charge in [0.15, 0.2) is 0 Å². The first-order valence-electron chi connectivity index (χ1n) is 10.1. The average molecular weight is 427 g/mol. The second-order valence-corrected chi connectivity index (χ2v) is 7.75. The van der Waals surface area contributed by atoms with Gasteiger partial charge in [-0.1, -0.05) is 0 Å². The lowest BCUT2D eigenvalue weighted by Gasteiger charge is -2.19. The fourth-order valence-electron chi connectivity index (χ4n) is 3.56. The topological polar surface area (TPSA) is 117 Å². The smallest absolute Gasteiger partial charge is 0.319 e. The average Bonchev–Trinajstić information content (AvgIpc) is 3.44. The summed E-state index contributed by atoms with van der Waals surface area (Å²) in [6.07, 6.45) is 2.48. The van der Waals surface area contributed by atoms with E-state index in [2.05, 4.69) is 16.0 Å². The van der Waals surface area contributed by atoms with Crippen molar-refractivity contribution in [1.29, 1.82) is 0 Å². The predicted molar refractivity (Wildman–Crippen MR) is 113 cm³/mol. The number of carbonyl (C=O) groups is 2. The first-order valence-corrected chi connectivity index (χ1v) is 10.1. The number of hydrogen-bond acceptors (Lipinski definition) is 5. The number of nitro groups is 1. The first-order chi connectivity index (χ1) is 14.9. The molecule has 3 amide bonds. The fourth-order valence-corrected chi connectivity index (χ4v) is 3.56. The van der Waals surface area contributed by atoms with E-state index in [1.807, 2.05) is 4.90 Å². The predicted octanol–water partition coefficient (Wildman–Crippen LogP) is 3.03. The van der Waals surface area contributed by atoms with E-state index in [1.165, 1.54) is 30.3 Å². The molecule has 1 aliphatic heterocycles. The van der Waals surface area contributed by atoms with Crippen LogP contribution in [-0.4, -0.2) is 42.0 Å². The van der Waals surface area contributed by atoms with Crippen molar-refractivity contribution in [1.82, 2.24) is 10.6 Å². The third kappa shape index (κ3) is 5.08. The van der Waals surface area contributed by atoms with Gasteiger partial charge in [-0.25, -0.2) is 9.18 Å². The molecule has 2 aliphatic rings. The van der Waals surface area contributed by atoms with Gasteiger partial charge < -0.3 is 20.9 Å². The van der Waals surface area contributed by atoms with Gasteiger partial charge in [-0.3, -0.25) is 14.9 Å². The summed E-state index contributed by atoms with van der Waals surface area (Å²) in [5.74, 6) is -0.703. The summed E-state index contributed by atoms with van der Waals surface area (Å²) >= 11 is 0. The van der Waals surface area contributed by atoms with Gasteiger partial charge in [-0.2, -0.15) is 0 Å². The number of amides is 3. The number of carbonyl (C=O) groups excluding carboxylic acids is 2. The molecule has 1 unspecified atom stereocenters. The van der Waals surface area contributed by atoms with Crippen molar-refractivity contribution in [2.24, 2.45) is 0 Å². The van der Waals surface area contributed by atoms with Crippen molar-refractivity contribution in [3.05, 3.63) is 64.0 Å². The minimum absolute atomic E-state index is 0.139. The Labute approximate surface area is 177 Å². The van der Waals surface area contributed by atoms with E-state index in [-0.39, 0.29) is 29.2 Å². The molecule has 162 valence electrons. The minimum Gasteiger partial charge on any atom is -0.364 e. The highest BCUT2D eigenvalue weighted by Crippen LogP contribution is 2.32. The van der Waals surface area contributed by atoms with Crippen LogP contribution in [0.5, 0.6) is 0 Å². The largest absolute Gasteiger partial charge is 0.364 e. The molecule has 10 heteroatoms. The van der Waals surface area contributed by atoms with E-state index in [4.69, 9.17) is 0 Å². The molecule has 0 bridgehead atoms. The standard InChI is InChI=1S/C21H22FN5O4/c22-14-2-4-16(5-3-14)24-21(29)25-17-9-10-26(12-17)18-8-1-13(11-19(18)27(30)31)20(28)23-15-6-7-15/h1-5,8,11,15,17H,6-7,9-10,12H2,(H,23,28)(H2,24,25,29). The summed E-state index contributed by atoms with van der Waals surface area (Å²) in [6, 6.07) is 9.41. The summed E-state index contributed by atoms with van der Waals surface area (Å²) in [6.45, 7) is 0.918. The van der Waals surface area contributed by atoms with Gasteiger partial charge in [0.25, 0.3) is 11.6 Å². The molecule has 0 spiro atoms. The molecule has 0 radical (unpaired) electrons. The third-order valence-electron chi connectivity index (χ3n) is 5.31. The molecular weight excluding hydrogens is 405 g/mol. The highest BCUT2D eigenvalue weighted by Gasteiger charge is 2.30. The zero-order valence-corrected chi connectivity index (χ0v) is 16.6. The second-order valence-electron chi connectivity index (χ2n) is 7.75. The number of nitro benzene ring substituents is 1. The van der Waals surface area contributed by atoms with E-state index < -0.39 is 16.8 Å². The van der Waals surface area contributed by atoms with E-state index in [9.17, 15) is 24.1 Å². The Bertz CT molecular complexity index is 1010. The number of nitrogens with one attached hydrogen (secondary N) is 3. The Kier molecular flexibility index (Phi) is 5.70. The monoisotopic (exact) mass is 427 g/mol. The Hall–Kier alpha value is -3.69. The number of nitrogens with zero attached hydrogens (tertiary/aromatic N) is 2. The SMILES string of the molecule is O=C(Nc1ccc(F)cc1)NC1CCN(c2ccc(C(=O)NC3CC3)cc2[N+](=O)[O-])C1. The van der Waals surface area contributed by atoms with Gasteiger partial charge in [0.2, 0.25) is 0 Å². The quantitative estimate of drug-likeness (QED) is 0.484. The van der Waals surface area contributed by atoms with Crippen molar-refractivity contribution in [2.75, 3.05) is 23.3 Å².